The van der Waals surface area contributed by atoms with Gasteiger partial charge in [-0.1, -0.05) is 30.3 Å². The van der Waals surface area contributed by atoms with E-state index in [1.54, 1.807) is 16.3 Å². The van der Waals surface area contributed by atoms with Crippen LogP contribution in [0.2, 0.25) is 0 Å². The van der Waals surface area contributed by atoms with Gasteiger partial charge >= 0.3 is 0 Å². The number of likely N-dealkylation sites (N-methyl/N-ethyl adjacent to an activating group) is 1. The van der Waals surface area contributed by atoms with E-state index in [-0.39, 0.29) is 12.1 Å². The quantitative estimate of drug-likeness (QED) is 0.174. The third kappa shape index (κ3) is 6.31. The van der Waals surface area contributed by atoms with Crippen molar-refractivity contribution >= 4 is 68.3 Å². The summed E-state index contributed by atoms with van der Waals surface area (Å²) in [6.45, 7) is 4.34. The standard InChI is InChI=1S/C33H30N6O2S4/c1-21-30(35-20-44-21)26-16-23-17-34-33(36-24-10-8-22(9-11-24)27-18-38(2)13-15-43-27)37-31(23)39(32(26)40)19-28-29(12-14-42-28)45(41)25-6-4-3-5-7-25/h3-12,14,16-17,20,27H,13,15,18-19H2,1-2H3,(H,34,36,37). The summed E-state index contributed by atoms with van der Waals surface area (Å²) in [5.41, 5.74) is 5.37. The van der Waals surface area contributed by atoms with Crippen LogP contribution in [0.1, 0.15) is 20.6 Å². The van der Waals surface area contributed by atoms with E-state index in [4.69, 9.17) is 4.98 Å². The normalized spacial score (nSPS) is 16.2. The lowest BCUT2D eigenvalue weighted by atomic mass is 10.1. The van der Waals surface area contributed by atoms with Gasteiger partial charge in [0.05, 0.1) is 28.2 Å². The maximum atomic E-state index is 14.2. The number of hydrogen-bond donors (Lipinski definition) is 1. The number of anilines is 2. The molecule has 7 rings (SSSR count). The van der Waals surface area contributed by atoms with E-state index in [0.29, 0.717) is 33.0 Å². The Morgan fingerprint density at radius 2 is 1.89 bits per heavy atom. The summed E-state index contributed by atoms with van der Waals surface area (Å²) < 4.78 is 15.2. The zero-order chi connectivity index (χ0) is 30.9. The van der Waals surface area contributed by atoms with Gasteiger partial charge in [-0.3, -0.25) is 9.36 Å². The van der Waals surface area contributed by atoms with Crippen LogP contribution in [0.4, 0.5) is 11.6 Å². The predicted molar refractivity (Wildman–Crippen MR) is 187 cm³/mol. The molecule has 2 unspecified atom stereocenters. The maximum absolute atomic E-state index is 14.2. The van der Waals surface area contributed by atoms with Crippen molar-refractivity contribution in [1.82, 2.24) is 24.4 Å². The number of nitrogens with zero attached hydrogens (tertiary/aromatic N) is 5. The number of nitrogens with one attached hydrogen (secondary N) is 1. The lowest BCUT2D eigenvalue weighted by Gasteiger charge is -2.29. The molecule has 0 radical (unpaired) electrons. The summed E-state index contributed by atoms with van der Waals surface area (Å²) >= 11 is 3.60. The molecule has 4 aromatic heterocycles. The van der Waals surface area contributed by atoms with Crippen molar-refractivity contribution in [3.05, 3.63) is 109 Å². The van der Waals surface area contributed by atoms with Crippen molar-refractivity contribution in [2.45, 2.75) is 28.5 Å². The fourth-order valence-corrected chi connectivity index (χ4v) is 9.75. The maximum Gasteiger partial charge on any atom is 0.262 e. The molecule has 0 spiro atoms. The summed E-state index contributed by atoms with van der Waals surface area (Å²) in [6.07, 6.45) is 1.74. The van der Waals surface area contributed by atoms with Crippen LogP contribution in [0.15, 0.2) is 98.4 Å². The molecule has 1 N–H and O–H groups in total. The molecule has 1 aliphatic rings. The first-order valence-electron chi connectivity index (χ1n) is 14.5. The number of hydrogen-bond acceptors (Lipinski definition) is 10. The highest BCUT2D eigenvalue weighted by Crippen LogP contribution is 2.34. The SMILES string of the molecule is Cc1scnc1-c1cc2cnc(Nc3ccc(C4CN(C)CCS4)cc3)nc2n(Cc2sccc2[S+]([O-])c2ccccc2)c1=O. The van der Waals surface area contributed by atoms with Gasteiger partial charge in [-0.25, -0.2) is 9.97 Å². The van der Waals surface area contributed by atoms with Gasteiger partial charge in [-0.05, 0) is 55.2 Å². The van der Waals surface area contributed by atoms with E-state index in [9.17, 15) is 9.35 Å². The van der Waals surface area contributed by atoms with Crippen LogP contribution in [0.25, 0.3) is 22.3 Å². The molecule has 6 aromatic rings. The molecule has 5 heterocycles. The molecule has 12 heteroatoms. The Kier molecular flexibility index (Phi) is 8.76. The summed E-state index contributed by atoms with van der Waals surface area (Å²) in [5, 5.41) is 6.43. The van der Waals surface area contributed by atoms with E-state index in [0.717, 1.165) is 44.6 Å². The second-order valence-electron chi connectivity index (χ2n) is 10.8. The molecule has 0 bridgehead atoms. The molecule has 1 aliphatic heterocycles. The van der Waals surface area contributed by atoms with Crippen LogP contribution in [0, 0.1) is 6.92 Å². The molecule has 1 saturated heterocycles. The summed E-state index contributed by atoms with van der Waals surface area (Å²) in [7, 11) is 2.17. The van der Waals surface area contributed by atoms with Crippen molar-refractivity contribution in [2.24, 2.45) is 0 Å². The lowest BCUT2D eigenvalue weighted by Crippen LogP contribution is -2.30. The van der Waals surface area contributed by atoms with Crippen molar-refractivity contribution in [2.75, 3.05) is 31.2 Å². The molecular weight excluding hydrogens is 641 g/mol. The van der Waals surface area contributed by atoms with Gasteiger partial charge in [0.15, 0.2) is 9.79 Å². The van der Waals surface area contributed by atoms with E-state index in [1.807, 2.05) is 66.5 Å². The first kappa shape index (κ1) is 30.2. The van der Waals surface area contributed by atoms with Crippen LogP contribution in [-0.2, 0) is 17.7 Å². The zero-order valence-corrected chi connectivity index (χ0v) is 27.9. The molecule has 45 heavy (non-hydrogen) atoms. The molecule has 1 fully saturated rings. The fraction of sp³-hybridized carbons (Fsp3) is 0.212. The first-order valence-corrected chi connectivity index (χ1v) is 18.4. The summed E-state index contributed by atoms with van der Waals surface area (Å²) in [5.74, 6) is 1.53. The Morgan fingerprint density at radius 1 is 1.07 bits per heavy atom. The van der Waals surface area contributed by atoms with Crippen molar-refractivity contribution in [3.8, 4) is 11.3 Å². The summed E-state index contributed by atoms with van der Waals surface area (Å²) in [6, 6.07) is 21.5. The molecule has 0 saturated carbocycles. The minimum Gasteiger partial charge on any atom is -0.606 e. The van der Waals surface area contributed by atoms with E-state index in [1.165, 1.54) is 28.2 Å². The molecule has 8 nitrogen and oxygen atoms in total. The molecular formula is C33H30N6O2S4. The minimum atomic E-state index is -1.38. The van der Waals surface area contributed by atoms with E-state index >= 15 is 0 Å². The Balaban J connectivity index is 1.25. The smallest absolute Gasteiger partial charge is 0.262 e. The van der Waals surface area contributed by atoms with Gasteiger partial charge in [-0.2, -0.15) is 16.7 Å². The van der Waals surface area contributed by atoms with Crippen molar-refractivity contribution in [1.29, 1.82) is 0 Å². The zero-order valence-electron chi connectivity index (χ0n) is 24.7. The second-order valence-corrected chi connectivity index (χ2v) is 15.7. The number of aromatic nitrogens is 4. The Hall–Kier alpha value is -3.52. The van der Waals surface area contributed by atoms with Crippen LogP contribution in [0.5, 0.6) is 0 Å². The molecule has 2 aromatic carbocycles. The molecule has 0 aliphatic carbocycles. The van der Waals surface area contributed by atoms with Gasteiger partial charge in [-0.15, -0.1) is 22.7 Å². The largest absolute Gasteiger partial charge is 0.606 e. The van der Waals surface area contributed by atoms with Gasteiger partial charge < -0.3 is 14.8 Å². The van der Waals surface area contributed by atoms with Crippen molar-refractivity contribution < 1.29 is 4.55 Å². The highest BCUT2D eigenvalue weighted by molar-refractivity contribution is 7.99. The minimum absolute atomic E-state index is 0.203. The monoisotopic (exact) mass is 670 g/mol. The number of pyridine rings is 1. The van der Waals surface area contributed by atoms with E-state index < -0.39 is 11.2 Å². The number of aryl methyl sites for hydroxylation is 1. The topological polar surface area (TPSA) is 99.0 Å². The number of thiophene rings is 1. The number of thioether (sulfide) groups is 1. The van der Waals surface area contributed by atoms with Crippen molar-refractivity contribution in [3.63, 3.8) is 0 Å². The summed E-state index contributed by atoms with van der Waals surface area (Å²) in [4.78, 5) is 33.7. The number of thiazole rings is 1. The highest BCUT2D eigenvalue weighted by Gasteiger charge is 2.24. The van der Waals surface area contributed by atoms with Gasteiger partial charge in [0.1, 0.15) is 5.65 Å². The van der Waals surface area contributed by atoms with Crippen LogP contribution >= 0.6 is 34.4 Å². The predicted octanol–water partition coefficient (Wildman–Crippen LogP) is 6.96. The number of fused-ring (bicyclic) bond motifs is 1. The van der Waals surface area contributed by atoms with Gasteiger partial charge in [0.2, 0.25) is 5.95 Å². The Labute approximate surface area is 276 Å². The van der Waals surface area contributed by atoms with Crippen LogP contribution in [-0.4, -0.2) is 54.9 Å². The Bertz CT molecular complexity index is 2010. The molecule has 2 atom stereocenters. The van der Waals surface area contributed by atoms with E-state index in [2.05, 4.69) is 51.5 Å². The van der Waals surface area contributed by atoms with Gasteiger partial charge in [0.25, 0.3) is 5.56 Å². The van der Waals surface area contributed by atoms with Crippen LogP contribution in [0.3, 0.4) is 0 Å². The molecule has 228 valence electrons. The second kappa shape index (κ2) is 13.1. The third-order valence-electron chi connectivity index (χ3n) is 7.80. The average Bonchev–Trinajstić information content (AvgIpc) is 3.71. The third-order valence-corrected chi connectivity index (χ3v) is 12.3. The number of rotatable bonds is 8. The average molecular weight is 671 g/mol. The number of benzene rings is 2. The molecule has 0 amide bonds. The lowest BCUT2D eigenvalue weighted by molar-refractivity contribution is 0.347. The Morgan fingerprint density at radius 3 is 2.64 bits per heavy atom. The van der Waals surface area contributed by atoms with Gasteiger partial charge in [0, 0.05) is 63.5 Å². The van der Waals surface area contributed by atoms with Crippen LogP contribution < -0.4 is 10.9 Å². The fourth-order valence-electron chi connectivity index (χ4n) is 5.41. The first-order chi connectivity index (χ1) is 21.9. The highest BCUT2D eigenvalue weighted by atomic mass is 32.2.